The Morgan fingerprint density at radius 3 is 1.67 bits per heavy atom. The monoisotopic (exact) mass is 172 g/mol. The minimum Gasteiger partial charge on any atom is -0.390 e. The third-order valence-electron chi connectivity index (χ3n) is 2.60. The van der Waals surface area contributed by atoms with Gasteiger partial charge in [-0.2, -0.15) is 0 Å². The SMILES string of the molecule is CC.CC(C)(O)C1CCCCC1. The molecule has 12 heavy (non-hydrogen) atoms. The molecule has 1 N–H and O–H groups in total. The van der Waals surface area contributed by atoms with Gasteiger partial charge >= 0.3 is 0 Å². The molecule has 0 aliphatic heterocycles. The van der Waals surface area contributed by atoms with Crippen molar-refractivity contribution in [1.29, 1.82) is 0 Å². The summed E-state index contributed by atoms with van der Waals surface area (Å²) in [6.07, 6.45) is 6.45. The molecule has 1 aliphatic carbocycles. The van der Waals surface area contributed by atoms with Crippen molar-refractivity contribution < 1.29 is 5.11 Å². The highest BCUT2D eigenvalue weighted by Crippen LogP contribution is 2.31. The highest BCUT2D eigenvalue weighted by atomic mass is 16.3. The van der Waals surface area contributed by atoms with Crippen LogP contribution in [-0.4, -0.2) is 10.7 Å². The lowest BCUT2D eigenvalue weighted by Crippen LogP contribution is -2.32. The molecule has 0 amide bonds. The van der Waals surface area contributed by atoms with E-state index in [4.69, 9.17) is 0 Å². The van der Waals surface area contributed by atoms with Crippen LogP contribution in [0.5, 0.6) is 0 Å². The number of hydrogen-bond acceptors (Lipinski definition) is 1. The predicted octanol–water partition coefficient (Wildman–Crippen LogP) is 3.36. The first kappa shape index (κ1) is 12.0. The molecule has 0 spiro atoms. The topological polar surface area (TPSA) is 20.2 Å². The van der Waals surface area contributed by atoms with E-state index in [1.807, 2.05) is 27.7 Å². The second-order valence-corrected chi connectivity index (χ2v) is 3.99. The molecule has 0 aromatic heterocycles. The predicted molar refractivity (Wildman–Crippen MR) is 54.2 cm³/mol. The lowest BCUT2D eigenvalue weighted by molar-refractivity contribution is 0.000835. The molecule has 1 heteroatoms. The van der Waals surface area contributed by atoms with Crippen molar-refractivity contribution in [2.24, 2.45) is 5.92 Å². The molecule has 0 aromatic carbocycles. The zero-order valence-corrected chi connectivity index (χ0v) is 9.06. The van der Waals surface area contributed by atoms with Crippen LogP contribution in [0, 0.1) is 5.92 Å². The summed E-state index contributed by atoms with van der Waals surface area (Å²) < 4.78 is 0. The third-order valence-corrected chi connectivity index (χ3v) is 2.60. The Balaban J connectivity index is 0.000000561. The molecule has 1 nitrogen and oxygen atoms in total. The van der Waals surface area contributed by atoms with Crippen LogP contribution in [0.4, 0.5) is 0 Å². The molecule has 1 aliphatic rings. The van der Waals surface area contributed by atoms with Gasteiger partial charge in [0.15, 0.2) is 0 Å². The molecule has 0 aromatic rings. The van der Waals surface area contributed by atoms with E-state index in [0.29, 0.717) is 5.92 Å². The maximum atomic E-state index is 9.64. The molecular formula is C11H24O. The highest BCUT2D eigenvalue weighted by Gasteiger charge is 2.27. The van der Waals surface area contributed by atoms with E-state index < -0.39 is 5.60 Å². The van der Waals surface area contributed by atoms with Crippen LogP contribution in [0.1, 0.15) is 59.8 Å². The fourth-order valence-electron chi connectivity index (χ4n) is 1.81. The van der Waals surface area contributed by atoms with Gasteiger partial charge in [0.2, 0.25) is 0 Å². The molecule has 1 saturated carbocycles. The molecule has 0 heterocycles. The summed E-state index contributed by atoms with van der Waals surface area (Å²) in [7, 11) is 0. The Morgan fingerprint density at radius 2 is 1.42 bits per heavy atom. The van der Waals surface area contributed by atoms with E-state index in [2.05, 4.69) is 0 Å². The number of hydrogen-bond donors (Lipinski definition) is 1. The van der Waals surface area contributed by atoms with Gasteiger partial charge in [0.05, 0.1) is 5.60 Å². The molecule has 1 fully saturated rings. The Bertz CT molecular complexity index is 96.1. The van der Waals surface area contributed by atoms with Crippen molar-refractivity contribution in [2.45, 2.75) is 65.4 Å². The Kier molecular flexibility index (Phi) is 5.56. The molecule has 0 bridgehead atoms. The minimum atomic E-state index is -0.430. The Hall–Kier alpha value is -0.0400. The summed E-state index contributed by atoms with van der Waals surface area (Å²) >= 11 is 0. The minimum absolute atomic E-state index is 0.430. The molecular weight excluding hydrogens is 148 g/mol. The van der Waals surface area contributed by atoms with Crippen LogP contribution in [0.25, 0.3) is 0 Å². The van der Waals surface area contributed by atoms with Crippen molar-refractivity contribution in [3.05, 3.63) is 0 Å². The van der Waals surface area contributed by atoms with Crippen molar-refractivity contribution >= 4 is 0 Å². The van der Waals surface area contributed by atoms with Crippen LogP contribution in [0.3, 0.4) is 0 Å². The van der Waals surface area contributed by atoms with E-state index in [1.54, 1.807) is 0 Å². The average molecular weight is 172 g/mol. The van der Waals surface area contributed by atoms with Gasteiger partial charge in [0.25, 0.3) is 0 Å². The zero-order chi connectivity index (χ0) is 9.61. The summed E-state index contributed by atoms with van der Waals surface area (Å²) in [4.78, 5) is 0. The van der Waals surface area contributed by atoms with E-state index in [9.17, 15) is 5.11 Å². The van der Waals surface area contributed by atoms with Gasteiger partial charge < -0.3 is 5.11 Å². The van der Waals surface area contributed by atoms with E-state index in [1.165, 1.54) is 32.1 Å². The van der Waals surface area contributed by atoms with Crippen molar-refractivity contribution in [3.63, 3.8) is 0 Å². The molecule has 1 rings (SSSR count). The van der Waals surface area contributed by atoms with Crippen molar-refractivity contribution in [1.82, 2.24) is 0 Å². The zero-order valence-electron chi connectivity index (χ0n) is 9.06. The normalized spacial score (nSPS) is 19.8. The first-order valence-corrected chi connectivity index (χ1v) is 5.33. The molecule has 74 valence electrons. The number of aliphatic hydroxyl groups is 1. The maximum Gasteiger partial charge on any atom is 0.0619 e. The van der Waals surface area contributed by atoms with Gasteiger partial charge in [-0.05, 0) is 32.6 Å². The van der Waals surface area contributed by atoms with Gasteiger partial charge in [0.1, 0.15) is 0 Å². The summed E-state index contributed by atoms with van der Waals surface area (Å²) in [5, 5.41) is 9.64. The van der Waals surface area contributed by atoms with Crippen molar-refractivity contribution in [3.8, 4) is 0 Å². The first-order chi connectivity index (χ1) is 5.61. The fourth-order valence-corrected chi connectivity index (χ4v) is 1.81. The van der Waals surface area contributed by atoms with Gasteiger partial charge in [0, 0.05) is 0 Å². The Labute approximate surface area is 77.2 Å². The van der Waals surface area contributed by atoms with Gasteiger partial charge in [-0.25, -0.2) is 0 Å². The number of rotatable bonds is 1. The lowest BCUT2D eigenvalue weighted by Gasteiger charge is -2.32. The van der Waals surface area contributed by atoms with Crippen LogP contribution in [0.2, 0.25) is 0 Å². The second kappa shape index (κ2) is 5.58. The van der Waals surface area contributed by atoms with Crippen LogP contribution < -0.4 is 0 Å². The summed E-state index contributed by atoms with van der Waals surface area (Å²) in [6, 6.07) is 0. The van der Waals surface area contributed by atoms with Crippen molar-refractivity contribution in [2.75, 3.05) is 0 Å². The van der Waals surface area contributed by atoms with Crippen LogP contribution >= 0.6 is 0 Å². The summed E-state index contributed by atoms with van der Waals surface area (Å²) in [6.45, 7) is 7.87. The van der Waals surface area contributed by atoms with E-state index in [0.717, 1.165) is 0 Å². The summed E-state index contributed by atoms with van der Waals surface area (Å²) in [5.74, 6) is 0.557. The van der Waals surface area contributed by atoms with Gasteiger partial charge in [-0.3, -0.25) is 0 Å². The largest absolute Gasteiger partial charge is 0.390 e. The quantitative estimate of drug-likeness (QED) is 0.643. The maximum absolute atomic E-state index is 9.64. The Morgan fingerprint density at radius 1 is 1.00 bits per heavy atom. The first-order valence-electron chi connectivity index (χ1n) is 5.33. The molecule has 0 radical (unpaired) electrons. The van der Waals surface area contributed by atoms with Crippen LogP contribution in [0.15, 0.2) is 0 Å². The molecule has 0 saturated heterocycles. The molecule has 0 unspecified atom stereocenters. The second-order valence-electron chi connectivity index (χ2n) is 3.99. The molecule has 0 atom stereocenters. The highest BCUT2D eigenvalue weighted by molar-refractivity contribution is 4.79. The third kappa shape index (κ3) is 4.10. The van der Waals surface area contributed by atoms with Gasteiger partial charge in [-0.1, -0.05) is 33.1 Å². The standard InChI is InChI=1S/C9H18O.C2H6/c1-9(2,10)8-6-4-3-5-7-8;1-2/h8,10H,3-7H2,1-2H3;1-2H3. The average Bonchev–Trinajstić information content (AvgIpc) is 2.08. The fraction of sp³-hybridized carbons (Fsp3) is 1.00. The van der Waals surface area contributed by atoms with Gasteiger partial charge in [-0.15, -0.1) is 0 Å². The smallest absolute Gasteiger partial charge is 0.0619 e. The van der Waals surface area contributed by atoms with E-state index >= 15 is 0 Å². The van der Waals surface area contributed by atoms with E-state index in [-0.39, 0.29) is 0 Å². The summed E-state index contributed by atoms with van der Waals surface area (Å²) in [5.41, 5.74) is -0.430. The van der Waals surface area contributed by atoms with Crippen LogP contribution in [-0.2, 0) is 0 Å². The lowest BCUT2D eigenvalue weighted by atomic mass is 9.79.